The lowest BCUT2D eigenvalue weighted by atomic mass is 10.1. The van der Waals surface area contributed by atoms with Crippen LogP contribution in [0, 0.1) is 11.6 Å². The largest absolute Gasteiger partial charge is 0.408 e. The van der Waals surface area contributed by atoms with Gasteiger partial charge < -0.3 is 0 Å². The molecule has 1 aromatic carbocycles. The average Bonchev–Trinajstić information content (AvgIpc) is 2.45. The maximum atomic E-state index is 13.4. The Morgan fingerprint density at radius 2 is 1.88 bits per heavy atom. The number of hydrogen-bond acceptors (Lipinski definition) is 4. The van der Waals surface area contributed by atoms with Crippen LogP contribution < -0.4 is 5.56 Å². The second-order valence-corrected chi connectivity index (χ2v) is 6.14. The highest BCUT2D eigenvalue weighted by Crippen LogP contribution is 2.41. The molecule has 0 aliphatic carbocycles. The van der Waals surface area contributed by atoms with E-state index < -0.39 is 35.0 Å². The molecule has 0 saturated heterocycles. The minimum Gasteiger partial charge on any atom is -0.268 e. The summed E-state index contributed by atoms with van der Waals surface area (Å²) >= 11 is 0.628. The molecule has 2 aromatic rings. The normalized spacial score (nSPS) is 13.3. The first kappa shape index (κ1) is 18.4. The molecule has 2 rings (SSSR count). The number of halogens is 5. The van der Waals surface area contributed by atoms with Gasteiger partial charge in [0.15, 0.2) is 11.6 Å². The average molecular weight is 365 g/mol. The van der Waals surface area contributed by atoms with Crippen LogP contribution in [0.5, 0.6) is 0 Å². The molecule has 0 amide bonds. The van der Waals surface area contributed by atoms with Crippen LogP contribution in [-0.4, -0.2) is 27.3 Å². The van der Waals surface area contributed by atoms with E-state index in [0.29, 0.717) is 24.1 Å². The third-order valence-electron chi connectivity index (χ3n) is 3.13. The van der Waals surface area contributed by atoms with Gasteiger partial charge in [-0.05, 0) is 36.7 Å². The molecular formula is C14H12F5N3OS. The standard InChI is InChI=1S/C14H12F5N3OS/c1-21-12(23)6-9(7-20-21)24-22(2)13(14(17,18)19)8-3-4-10(15)11(16)5-8/h3-7,13H,1-2H3. The Hall–Kier alpha value is -1.94. The third kappa shape index (κ3) is 4.12. The van der Waals surface area contributed by atoms with Crippen LogP contribution in [0.15, 0.2) is 40.2 Å². The summed E-state index contributed by atoms with van der Waals surface area (Å²) in [7, 11) is 2.54. The second-order valence-electron chi connectivity index (χ2n) is 4.91. The monoisotopic (exact) mass is 365 g/mol. The van der Waals surface area contributed by atoms with E-state index in [1.54, 1.807) is 0 Å². The Morgan fingerprint density at radius 1 is 1.21 bits per heavy atom. The van der Waals surface area contributed by atoms with E-state index in [0.717, 1.165) is 28.2 Å². The number of benzene rings is 1. The van der Waals surface area contributed by atoms with Crippen molar-refractivity contribution < 1.29 is 22.0 Å². The minimum absolute atomic E-state index is 0.192. The first-order valence-electron chi connectivity index (χ1n) is 6.55. The van der Waals surface area contributed by atoms with Gasteiger partial charge in [0.25, 0.3) is 5.56 Å². The SMILES string of the molecule is CN(Sc1cnn(C)c(=O)c1)C(c1ccc(F)c(F)c1)C(F)(F)F. The molecule has 1 aromatic heterocycles. The summed E-state index contributed by atoms with van der Waals surface area (Å²) in [6, 6.07) is 0.957. The smallest absolute Gasteiger partial charge is 0.268 e. The molecule has 0 N–H and O–H groups in total. The molecule has 1 atom stereocenters. The summed E-state index contributed by atoms with van der Waals surface area (Å²) < 4.78 is 68.2. The van der Waals surface area contributed by atoms with E-state index in [1.807, 2.05) is 0 Å². The zero-order valence-electron chi connectivity index (χ0n) is 12.5. The van der Waals surface area contributed by atoms with Crippen LogP contribution in [0.1, 0.15) is 11.6 Å². The summed E-state index contributed by atoms with van der Waals surface area (Å²) in [5, 5.41) is 3.72. The molecule has 24 heavy (non-hydrogen) atoms. The van der Waals surface area contributed by atoms with Crippen molar-refractivity contribution in [2.45, 2.75) is 17.1 Å². The van der Waals surface area contributed by atoms with Gasteiger partial charge in [0, 0.05) is 18.0 Å². The summed E-state index contributed by atoms with van der Waals surface area (Å²) in [6.07, 6.45) is -3.50. The van der Waals surface area contributed by atoms with Gasteiger partial charge >= 0.3 is 6.18 Å². The lowest BCUT2D eigenvalue weighted by Gasteiger charge is -2.29. The Bertz CT molecular complexity index is 793. The predicted octanol–water partition coefficient (Wildman–Crippen LogP) is 3.30. The fourth-order valence-corrected chi connectivity index (χ4v) is 2.94. The summed E-state index contributed by atoms with van der Waals surface area (Å²) in [5.41, 5.74) is -0.932. The van der Waals surface area contributed by atoms with Crippen molar-refractivity contribution in [3.05, 3.63) is 58.0 Å². The van der Waals surface area contributed by atoms with Crippen LogP contribution in [0.4, 0.5) is 22.0 Å². The molecule has 0 saturated carbocycles. The van der Waals surface area contributed by atoms with Gasteiger partial charge in [-0.15, -0.1) is 0 Å². The highest BCUT2D eigenvalue weighted by Gasteiger charge is 2.44. The third-order valence-corrected chi connectivity index (χ3v) is 4.06. The lowest BCUT2D eigenvalue weighted by molar-refractivity contribution is -0.170. The first-order valence-corrected chi connectivity index (χ1v) is 7.32. The van der Waals surface area contributed by atoms with Crippen molar-refractivity contribution in [1.29, 1.82) is 0 Å². The Balaban J connectivity index is 2.35. The number of nitrogens with zero attached hydrogens (tertiary/aromatic N) is 3. The maximum absolute atomic E-state index is 13.4. The summed E-state index contributed by atoms with van der Waals surface area (Å²) in [4.78, 5) is 11.7. The zero-order chi connectivity index (χ0) is 18.1. The van der Waals surface area contributed by atoms with Gasteiger partial charge in [-0.25, -0.2) is 17.8 Å². The van der Waals surface area contributed by atoms with Crippen molar-refractivity contribution in [3.63, 3.8) is 0 Å². The molecule has 130 valence electrons. The number of rotatable bonds is 4. The fourth-order valence-electron chi connectivity index (χ4n) is 2.01. The van der Waals surface area contributed by atoms with Gasteiger partial charge in [0.2, 0.25) is 0 Å². The van der Waals surface area contributed by atoms with Crippen LogP contribution in [-0.2, 0) is 7.05 Å². The van der Waals surface area contributed by atoms with Crippen molar-refractivity contribution in [2.24, 2.45) is 7.05 Å². The molecule has 0 spiro atoms. The zero-order valence-corrected chi connectivity index (χ0v) is 13.3. The molecule has 10 heteroatoms. The fraction of sp³-hybridized carbons (Fsp3) is 0.286. The topological polar surface area (TPSA) is 38.1 Å². The molecule has 0 radical (unpaired) electrons. The predicted molar refractivity (Wildman–Crippen MR) is 78.3 cm³/mol. The van der Waals surface area contributed by atoms with Gasteiger partial charge in [-0.1, -0.05) is 6.07 Å². The number of alkyl halides is 3. The number of aromatic nitrogens is 2. The Morgan fingerprint density at radius 3 is 2.42 bits per heavy atom. The van der Waals surface area contributed by atoms with Crippen LogP contribution >= 0.6 is 11.9 Å². The molecule has 1 unspecified atom stereocenters. The molecule has 0 bridgehead atoms. The number of hydrogen-bond donors (Lipinski definition) is 0. The first-order chi connectivity index (χ1) is 11.1. The van der Waals surface area contributed by atoms with Gasteiger partial charge in [0.05, 0.1) is 6.20 Å². The van der Waals surface area contributed by atoms with Crippen LogP contribution in [0.2, 0.25) is 0 Å². The molecular weight excluding hydrogens is 353 g/mol. The second kappa shape index (κ2) is 6.89. The highest BCUT2D eigenvalue weighted by atomic mass is 32.2. The molecule has 0 aliphatic rings. The van der Waals surface area contributed by atoms with Gasteiger partial charge in [0.1, 0.15) is 6.04 Å². The number of aryl methyl sites for hydroxylation is 1. The lowest BCUT2D eigenvalue weighted by Crippen LogP contribution is -2.32. The van der Waals surface area contributed by atoms with E-state index in [9.17, 15) is 26.7 Å². The van der Waals surface area contributed by atoms with E-state index in [-0.39, 0.29) is 4.90 Å². The van der Waals surface area contributed by atoms with Crippen LogP contribution in [0.3, 0.4) is 0 Å². The van der Waals surface area contributed by atoms with Crippen molar-refractivity contribution >= 4 is 11.9 Å². The minimum atomic E-state index is -4.74. The van der Waals surface area contributed by atoms with Crippen molar-refractivity contribution in [3.8, 4) is 0 Å². The van der Waals surface area contributed by atoms with Crippen molar-refractivity contribution in [1.82, 2.24) is 14.1 Å². The van der Waals surface area contributed by atoms with Crippen molar-refractivity contribution in [2.75, 3.05) is 7.05 Å². The van der Waals surface area contributed by atoms with E-state index in [4.69, 9.17) is 0 Å². The van der Waals surface area contributed by atoms with Gasteiger partial charge in [-0.2, -0.15) is 18.3 Å². The van der Waals surface area contributed by atoms with Crippen LogP contribution in [0.25, 0.3) is 0 Å². The highest BCUT2D eigenvalue weighted by molar-refractivity contribution is 7.97. The van der Waals surface area contributed by atoms with Gasteiger partial charge in [-0.3, -0.25) is 4.79 Å². The quantitative estimate of drug-likeness (QED) is 0.616. The Kier molecular flexibility index (Phi) is 5.29. The van der Waals surface area contributed by atoms with E-state index >= 15 is 0 Å². The maximum Gasteiger partial charge on any atom is 0.408 e. The Labute approximate surface area is 138 Å². The molecule has 1 heterocycles. The summed E-state index contributed by atoms with van der Waals surface area (Å²) in [6.45, 7) is 0. The van der Waals surface area contributed by atoms with E-state index in [2.05, 4.69) is 5.10 Å². The molecule has 4 nitrogen and oxygen atoms in total. The summed E-state index contributed by atoms with van der Waals surface area (Å²) in [5.74, 6) is -2.60. The van der Waals surface area contributed by atoms with E-state index in [1.165, 1.54) is 13.2 Å². The molecule has 0 aliphatic heterocycles. The molecule has 0 fully saturated rings.